The second-order valence-corrected chi connectivity index (χ2v) is 7.10. The molecule has 3 nitrogen and oxygen atoms in total. The van der Waals surface area contributed by atoms with Crippen molar-refractivity contribution >= 4 is 28.9 Å². The molecule has 0 bridgehead atoms. The standard InChI is InChI=1S/C20H25Cl2NO2/c1-15(2)14-25-20-8-4-3-7-18(20)23-11-5-6-12-24-19-10-9-16(21)13-17(19)22/h3-4,7-10,13,15,23H,5-6,11-12,14H2,1-2H3. The number of nitrogens with one attached hydrogen (secondary N) is 1. The number of hydrogen-bond donors (Lipinski definition) is 1. The highest BCUT2D eigenvalue weighted by atomic mass is 35.5. The molecule has 5 heteroatoms. The van der Waals surface area contributed by atoms with Gasteiger partial charge in [0, 0.05) is 11.6 Å². The molecule has 0 aliphatic carbocycles. The van der Waals surface area contributed by atoms with E-state index in [2.05, 4.69) is 19.2 Å². The number of unbranched alkanes of at least 4 members (excludes halogenated alkanes) is 1. The van der Waals surface area contributed by atoms with Crippen LogP contribution in [-0.2, 0) is 0 Å². The second-order valence-electron chi connectivity index (χ2n) is 6.26. The first kappa shape index (κ1) is 19.7. The average Bonchev–Trinajstić information content (AvgIpc) is 2.58. The van der Waals surface area contributed by atoms with Crippen LogP contribution < -0.4 is 14.8 Å². The minimum Gasteiger partial charge on any atom is -0.492 e. The van der Waals surface area contributed by atoms with Gasteiger partial charge in [0.25, 0.3) is 0 Å². The van der Waals surface area contributed by atoms with Crippen molar-refractivity contribution in [3.8, 4) is 11.5 Å². The van der Waals surface area contributed by atoms with Crippen LogP contribution in [0.15, 0.2) is 42.5 Å². The van der Waals surface area contributed by atoms with Gasteiger partial charge in [0.15, 0.2) is 0 Å². The molecule has 0 heterocycles. The molecule has 0 spiro atoms. The van der Waals surface area contributed by atoms with E-state index < -0.39 is 0 Å². The SMILES string of the molecule is CC(C)COc1ccccc1NCCCCOc1ccc(Cl)cc1Cl. The Morgan fingerprint density at radius 3 is 2.52 bits per heavy atom. The Morgan fingerprint density at radius 1 is 0.960 bits per heavy atom. The lowest BCUT2D eigenvalue weighted by atomic mass is 10.2. The first-order valence-electron chi connectivity index (χ1n) is 8.60. The predicted octanol–water partition coefficient (Wildman–Crippen LogP) is 6.30. The molecular formula is C20H25Cl2NO2. The van der Waals surface area contributed by atoms with Crippen molar-refractivity contribution in [1.82, 2.24) is 0 Å². The van der Waals surface area contributed by atoms with Crippen molar-refractivity contribution in [1.29, 1.82) is 0 Å². The molecule has 25 heavy (non-hydrogen) atoms. The third-order valence-corrected chi connectivity index (χ3v) is 4.03. The van der Waals surface area contributed by atoms with Gasteiger partial charge in [-0.05, 0) is 49.1 Å². The monoisotopic (exact) mass is 381 g/mol. The molecule has 0 atom stereocenters. The maximum atomic E-state index is 6.08. The van der Waals surface area contributed by atoms with Gasteiger partial charge in [0.05, 0.1) is 23.9 Å². The van der Waals surface area contributed by atoms with Gasteiger partial charge in [-0.1, -0.05) is 49.2 Å². The molecule has 0 unspecified atom stereocenters. The van der Waals surface area contributed by atoms with Crippen molar-refractivity contribution in [2.45, 2.75) is 26.7 Å². The van der Waals surface area contributed by atoms with Crippen LogP contribution in [-0.4, -0.2) is 19.8 Å². The molecular weight excluding hydrogens is 357 g/mol. The fourth-order valence-electron chi connectivity index (χ4n) is 2.22. The number of anilines is 1. The summed E-state index contributed by atoms with van der Waals surface area (Å²) in [6.07, 6.45) is 1.92. The molecule has 0 saturated carbocycles. The van der Waals surface area contributed by atoms with Crippen molar-refractivity contribution in [2.75, 3.05) is 25.1 Å². The van der Waals surface area contributed by atoms with Crippen LogP contribution in [0.3, 0.4) is 0 Å². The van der Waals surface area contributed by atoms with E-state index in [-0.39, 0.29) is 0 Å². The minimum atomic E-state index is 0.505. The summed E-state index contributed by atoms with van der Waals surface area (Å²) in [5.74, 6) is 2.08. The molecule has 0 amide bonds. The summed E-state index contributed by atoms with van der Waals surface area (Å²) in [5, 5.41) is 4.58. The fraction of sp³-hybridized carbons (Fsp3) is 0.400. The molecule has 0 saturated heterocycles. The quantitative estimate of drug-likeness (QED) is 0.489. The first-order chi connectivity index (χ1) is 12.1. The molecule has 0 fully saturated rings. The molecule has 136 valence electrons. The summed E-state index contributed by atoms with van der Waals surface area (Å²) in [6, 6.07) is 13.3. The van der Waals surface area contributed by atoms with E-state index in [1.54, 1.807) is 18.2 Å². The Balaban J connectivity index is 1.69. The average molecular weight is 382 g/mol. The van der Waals surface area contributed by atoms with Crippen LogP contribution in [0.2, 0.25) is 10.0 Å². The van der Waals surface area contributed by atoms with E-state index in [0.29, 0.717) is 34.9 Å². The lowest BCUT2D eigenvalue weighted by Gasteiger charge is -2.14. The second kappa shape index (κ2) is 10.4. The number of rotatable bonds is 10. The van der Waals surface area contributed by atoms with Crippen molar-refractivity contribution in [3.63, 3.8) is 0 Å². The van der Waals surface area contributed by atoms with Crippen LogP contribution in [0.5, 0.6) is 11.5 Å². The smallest absolute Gasteiger partial charge is 0.142 e. The Morgan fingerprint density at radius 2 is 1.76 bits per heavy atom. The van der Waals surface area contributed by atoms with E-state index in [0.717, 1.165) is 30.8 Å². The van der Waals surface area contributed by atoms with Gasteiger partial charge in [-0.2, -0.15) is 0 Å². The van der Waals surface area contributed by atoms with Crippen LogP contribution >= 0.6 is 23.2 Å². The van der Waals surface area contributed by atoms with Gasteiger partial charge in [-0.25, -0.2) is 0 Å². The van der Waals surface area contributed by atoms with Crippen LogP contribution in [0.1, 0.15) is 26.7 Å². The fourth-order valence-corrected chi connectivity index (χ4v) is 2.68. The Kier molecular flexibility index (Phi) is 8.23. The summed E-state index contributed by atoms with van der Waals surface area (Å²) < 4.78 is 11.5. The molecule has 0 radical (unpaired) electrons. The highest BCUT2D eigenvalue weighted by Crippen LogP contribution is 2.27. The number of benzene rings is 2. The molecule has 2 aromatic rings. The summed E-state index contributed by atoms with van der Waals surface area (Å²) >= 11 is 12.0. The largest absolute Gasteiger partial charge is 0.492 e. The zero-order valence-corrected chi connectivity index (χ0v) is 16.2. The van der Waals surface area contributed by atoms with E-state index in [9.17, 15) is 0 Å². The highest BCUT2D eigenvalue weighted by Gasteiger charge is 2.04. The first-order valence-corrected chi connectivity index (χ1v) is 9.35. The topological polar surface area (TPSA) is 30.5 Å². The Bertz CT molecular complexity index is 662. The molecule has 0 aliphatic rings. The zero-order valence-electron chi connectivity index (χ0n) is 14.7. The van der Waals surface area contributed by atoms with E-state index in [1.807, 2.05) is 24.3 Å². The zero-order chi connectivity index (χ0) is 18.1. The van der Waals surface area contributed by atoms with E-state index in [1.165, 1.54) is 0 Å². The van der Waals surface area contributed by atoms with Crippen molar-refractivity contribution < 1.29 is 9.47 Å². The van der Waals surface area contributed by atoms with E-state index >= 15 is 0 Å². The number of hydrogen-bond acceptors (Lipinski definition) is 3. The Labute approximate surface area is 160 Å². The highest BCUT2D eigenvalue weighted by molar-refractivity contribution is 6.35. The normalized spacial score (nSPS) is 10.8. The van der Waals surface area contributed by atoms with Gasteiger partial charge in [0.1, 0.15) is 11.5 Å². The summed E-state index contributed by atoms with van der Waals surface area (Å²) in [6.45, 7) is 6.48. The maximum Gasteiger partial charge on any atom is 0.142 e. The number of para-hydroxylation sites is 2. The number of halogens is 2. The molecule has 0 aliphatic heterocycles. The summed E-state index contributed by atoms with van der Waals surface area (Å²) in [7, 11) is 0. The van der Waals surface area contributed by atoms with Crippen molar-refractivity contribution in [3.05, 3.63) is 52.5 Å². The maximum absolute atomic E-state index is 6.08. The molecule has 1 N–H and O–H groups in total. The molecule has 2 rings (SSSR count). The minimum absolute atomic E-state index is 0.505. The summed E-state index contributed by atoms with van der Waals surface area (Å²) in [4.78, 5) is 0. The lowest BCUT2D eigenvalue weighted by molar-refractivity contribution is 0.272. The van der Waals surface area contributed by atoms with Crippen LogP contribution in [0.4, 0.5) is 5.69 Å². The van der Waals surface area contributed by atoms with E-state index in [4.69, 9.17) is 32.7 Å². The molecule has 0 aromatic heterocycles. The van der Waals surface area contributed by atoms with Crippen molar-refractivity contribution in [2.24, 2.45) is 5.92 Å². The van der Waals surface area contributed by atoms with Crippen LogP contribution in [0.25, 0.3) is 0 Å². The summed E-state index contributed by atoms with van der Waals surface area (Å²) in [5.41, 5.74) is 1.03. The number of ether oxygens (including phenoxy) is 2. The lowest BCUT2D eigenvalue weighted by Crippen LogP contribution is -2.09. The van der Waals surface area contributed by atoms with Gasteiger partial charge in [-0.3, -0.25) is 0 Å². The van der Waals surface area contributed by atoms with Gasteiger partial charge >= 0.3 is 0 Å². The third kappa shape index (κ3) is 7.05. The van der Waals surface area contributed by atoms with Gasteiger partial charge in [0.2, 0.25) is 0 Å². The van der Waals surface area contributed by atoms with Gasteiger partial charge in [-0.15, -0.1) is 0 Å². The third-order valence-electron chi connectivity index (χ3n) is 3.50. The predicted molar refractivity (Wildman–Crippen MR) is 106 cm³/mol. The Hall–Kier alpha value is -1.58. The van der Waals surface area contributed by atoms with Crippen LogP contribution in [0, 0.1) is 5.92 Å². The van der Waals surface area contributed by atoms with Gasteiger partial charge < -0.3 is 14.8 Å². The molecule has 2 aromatic carbocycles.